The van der Waals surface area contributed by atoms with Crippen molar-refractivity contribution in [1.82, 2.24) is 0 Å². The standard InChI is InChI=1S/C15H12BrF2NS/c16-11-6-14(13(18)7-12(11)17)19-8-10-5-9-3-1-2-4-15(9)20-10/h1-4,6-7,10,19H,5,8H2. The number of hydrogen-bond acceptors (Lipinski definition) is 2. The smallest absolute Gasteiger partial charge is 0.149 e. The molecule has 0 aliphatic carbocycles. The molecule has 1 aliphatic heterocycles. The number of halogens is 3. The van der Waals surface area contributed by atoms with Crippen molar-refractivity contribution >= 4 is 33.4 Å². The summed E-state index contributed by atoms with van der Waals surface area (Å²) >= 11 is 4.87. The minimum atomic E-state index is -0.587. The van der Waals surface area contributed by atoms with Gasteiger partial charge in [-0.15, -0.1) is 11.8 Å². The van der Waals surface area contributed by atoms with Gasteiger partial charge >= 0.3 is 0 Å². The van der Waals surface area contributed by atoms with Crippen LogP contribution in [0.3, 0.4) is 0 Å². The molecule has 1 atom stereocenters. The Balaban J connectivity index is 1.66. The number of rotatable bonds is 3. The van der Waals surface area contributed by atoms with Crippen molar-refractivity contribution in [3.05, 3.63) is 58.1 Å². The molecule has 2 aromatic carbocycles. The van der Waals surface area contributed by atoms with E-state index in [0.29, 0.717) is 17.5 Å². The van der Waals surface area contributed by atoms with E-state index in [9.17, 15) is 8.78 Å². The van der Waals surface area contributed by atoms with E-state index in [1.54, 1.807) is 11.8 Å². The predicted molar refractivity (Wildman–Crippen MR) is 82.3 cm³/mol. The summed E-state index contributed by atoms with van der Waals surface area (Å²) in [6.45, 7) is 0.647. The number of fused-ring (bicyclic) bond motifs is 1. The summed E-state index contributed by atoms with van der Waals surface area (Å²) in [7, 11) is 0. The largest absolute Gasteiger partial charge is 0.382 e. The van der Waals surface area contributed by atoms with Gasteiger partial charge in [0.2, 0.25) is 0 Å². The number of thioether (sulfide) groups is 1. The lowest BCUT2D eigenvalue weighted by atomic mass is 10.1. The third kappa shape index (κ3) is 2.83. The van der Waals surface area contributed by atoms with Crippen LogP contribution in [0.2, 0.25) is 0 Å². The molecule has 104 valence electrons. The molecule has 1 unspecified atom stereocenters. The van der Waals surface area contributed by atoms with Crippen molar-refractivity contribution in [3.8, 4) is 0 Å². The maximum Gasteiger partial charge on any atom is 0.149 e. The molecule has 3 rings (SSSR count). The van der Waals surface area contributed by atoms with Crippen molar-refractivity contribution in [2.24, 2.45) is 0 Å². The number of benzene rings is 2. The van der Waals surface area contributed by atoms with Crippen LogP contribution < -0.4 is 5.32 Å². The van der Waals surface area contributed by atoms with E-state index in [1.165, 1.54) is 16.5 Å². The number of anilines is 1. The highest BCUT2D eigenvalue weighted by Crippen LogP contribution is 2.37. The van der Waals surface area contributed by atoms with Crippen LogP contribution in [0, 0.1) is 11.6 Å². The van der Waals surface area contributed by atoms with E-state index in [1.807, 2.05) is 12.1 Å². The molecule has 2 aromatic rings. The van der Waals surface area contributed by atoms with Crippen LogP contribution in [0.1, 0.15) is 5.56 Å². The van der Waals surface area contributed by atoms with Gasteiger partial charge in [0.1, 0.15) is 11.6 Å². The summed E-state index contributed by atoms with van der Waals surface area (Å²) in [5, 5.41) is 3.44. The first kappa shape index (κ1) is 13.9. The molecule has 1 N–H and O–H groups in total. The lowest BCUT2D eigenvalue weighted by molar-refractivity contribution is 0.580. The summed E-state index contributed by atoms with van der Waals surface area (Å²) in [5.41, 5.74) is 1.67. The highest BCUT2D eigenvalue weighted by Gasteiger charge is 2.21. The SMILES string of the molecule is Fc1cc(F)c(NCC2Cc3ccccc3S2)cc1Br. The van der Waals surface area contributed by atoms with Gasteiger partial charge in [0.15, 0.2) is 0 Å². The highest BCUT2D eigenvalue weighted by atomic mass is 79.9. The van der Waals surface area contributed by atoms with Crippen LogP contribution >= 0.6 is 27.7 Å². The fraction of sp³-hybridized carbons (Fsp3) is 0.200. The van der Waals surface area contributed by atoms with E-state index in [2.05, 4.69) is 33.4 Å². The summed E-state index contributed by atoms with van der Waals surface area (Å²) < 4.78 is 27.1. The molecule has 0 spiro atoms. The Morgan fingerprint density at radius 3 is 2.80 bits per heavy atom. The topological polar surface area (TPSA) is 12.0 Å². The summed E-state index contributed by atoms with van der Waals surface area (Å²) in [5.74, 6) is -1.15. The van der Waals surface area contributed by atoms with Gasteiger partial charge < -0.3 is 5.32 Å². The van der Waals surface area contributed by atoms with Crippen molar-refractivity contribution in [1.29, 1.82) is 0 Å². The molecule has 0 aromatic heterocycles. The van der Waals surface area contributed by atoms with Crippen LogP contribution in [0.5, 0.6) is 0 Å². The van der Waals surface area contributed by atoms with E-state index in [4.69, 9.17) is 0 Å². The maximum atomic E-state index is 13.6. The molecule has 0 bridgehead atoms. The van der Waals surface area contributed by atoms with Crippen molar-refractivity contribution in [2.45, 2.75) is 16.6 Å². The molecule has 0 radical (unpaired) electrons. The third-order valence-corrected chi connectivity index (χ3v) is 5.17. The van der Waals surface area contributed by atoms with Crippen LogP contribution in [-0.2, 0) is 6.42 Å². The first-order valence-corrected chi connectivity index (χ1v) is 7.94. The molecule has 1 nitrogen and oxygen atoms in total. The Morgan fingerprint density at radius 1 is 1.20 bits per heavy atom. The molecular weight excluding hydrogens is 344 g/mol. The third-order valence-electron chi connectivity index (χ3n) is 3.24. The minimum Gasteiger partial charge on any atom is -0.382 e. The van der Waals surface area contributed by atoms with Gasteiger partial charge in [-0.1, -0.05) is 18.2 Å². The zero-order valence-corrected chi connectivity index (χ0v) is 12.9. The van der Waals surface area contributed by atoms with Gasteiger partial charge in [-0.3, -0.25) is 0 Å². The fourth-order valence-electron chi connectivity index (χ4n) is 2.25. The normalized spacial score (nSPS) is 17.1. The van der Waals surface area contributed by atoms with Crippen LogP contribution in [0.15, 0.2) is 45.8 Å². The average Bonchev–Trinajstić information content (AvgIpc) is 2.84. The average molecular weight is 356 g/mol. The Bertz CT molecular complexity index is 623. The molecule has 20 heavy (non-hydrogen) atoms. The molecular formula is C15H12BrF2NS. The summed E-state index contributed by atoms with van der Waals surface area (Å²) in [6, 6.07) is 10.6. The number of nitrogens with one attached hydrogen (secondary N) is 1. The van der Waals surface area contributed by atoms with Crippen LogP contribution in [0.4, 0.5) is 14.5 Å². The highest BCUT2D eigenvalue weighted by molar-refractivity contribution is 9.10. The van der Waals surface area contributed by atoms with Gasteiger partial charge in [-0.05, 0) is 40.0 Å². The van der Waals surface area contributed by atoms with Crippen molar-refractivity contribution in [2.75, 3.05) is 11.9 Å². The second-order valence-corrected chi connectivity index (χ2v) is 6.88. The zero-order chi connectivity index (χ0) is 14.1. The molecule has 0 amide bonds. The van der Waals surface area contributed by atoms with Gasteiger partial charge in [-0.2, -0.15) is 0 Å². The Morgan fingerprint density at radius 2 is 2.00 bits per heavy atom. The first-order valence-electron chi connectivity index (χ1n) is 6.26. The molecule has 0 saturated heterocycles. The Kier molecular flexibility index (Phi) is 3.98. The Labute approximate surface area is 128 Å². The number of hydrogen-bond donors (Lipinski definition) is 1. The second kappa shape index (κ2) is 5.74. The van der Waals surface area contributed by atoms with Gasteiger partial charge in [0.05, 0.1) is 10.2 Å². The maximum absolute atomic E-state index is 13.6. The molecule has 1 heterocycles. The van der Waals surface area contributed by atoms with E-state index in [0.717, 1.165) is 12.5 Å². The van der Waals surface area contributed by atoms with Gasteiger partial charge in [0.25, 0.3) is 0 Å². The van der Waals surface area contributed by atoms with Crippen LogP contribution in [0.25, 0.3) is 0 Å². The molecule has 5 heteroatoms. The second-order valence-electron chi connectivity index (χ2n) is 4.68. The first-order chi connectivity index (χ1) is 9.63. The van der Waals surface area contributed by atoms with E-state index >= 15 is 0 Å². The van der Waals surface area contributed by atoms with E-state index < -0.39 is 11.6 Å². The molecule has 0 saturated carbocycles. The fourth-order valence-corrected chi connectivity index (χ4v) is 3.84. The zero-order valence-electron chi connectivity index (χ0n) is 10.5. The van der Waals surface area contributed by atoms with E-state index in [-0.39, 0.29) is 4.47 Å². The molecule has 1 aliphatic rings. The molecule has 0 fully saturated rings. The summed E-state index contributed by atoms with van der Waals surface area (Å²) in [6.07, 6.45) is 0.970. The quantitative estimate of drug-likeness (QED) is 0.789. The van der Waals surface area contributed by atoms with Crippen molar-refractivity contribution < 1.29 is 8.78 Å². The lowest BCUT2D eigenvalue weighted by Crippen LogP contribution is -2.16. The van der Waals surface area contributed by atoms with Crippen molar-refractivity contribution in [3.63, 3.8) is 0 Å². The minimum absolute atomic E-state index is 0.267. The lowest BCUT2D eigenvalue weighted by Gasteiger charge is -2.12. The predicted octanol–water partition coefficient (Wildman–Crippen LogP) is 4.86. The Hall–Kier alpha value is -1.07. The summed E-state index contributed by atoms with van der Waals surface area (Å²) in [4.78, 5) is 1.29. The van der Waals surface area contributed by atoms with Gasteiger partial charge in [-0.25, -0.2) is 8.78 Å². The monoisotopic (exact) mass is 355 g/mol. The van der Waals surface area contributed by atoms with Gasteiger partial charge in [0, 0.05) is 22.8 Å². The van der Waals surface area contributed by atoms with Crippen LogP contribution in [-0.4, -0.2) is 11.8 Å².